The van der Waals surface area contributed by atoms with Crippen LogP contribution in [0.3, 0.4) is 0 Å². The molecular weight excluding hydrogens is 311 g/mol. The fraction of sp³-hybridized carbons (Fsp3) is 0.412. The second-order valence-corrected chi connectivity index (χ2v) is 6.36. The van der Waals surface area contributed by atoms with Crippen LogP contribution < -0.4 is 10.6 Å². The Morgan fingerprint density at radius 3 is 2.78 bits per heavy atom. The summed E-state index contributed by atoms with van der Waals surface area (Å²) >= 11 is 1.70. The molecule has 0 aliphatic carbocycles. The highest BCUT2D eigenvalue weighted by molar-refractivity contribution is 7.09. The first-order chi connectivity index (χ1) is 11.1. The van der Waals surface area contributed by atoms with Gasteiger partial charge in [-0.25, -0.2) is 9.37 Å². The lowest BCUT2D eigenvalue weighted by Gasteiger charge is -2.12. The van der Waals surface area contributed by atoms with Crippen molar-refractivity contribution in [1.29, 1.82) is 0 Å². The molecule has 0 saturated carbocycles. The van der Waals surface area contributed by atoms with Gasteiger partial charge in [0.1, 0.15) is 5.82 Å². The molecule has 2 aromatic rings. The number of aryl methyl sites for hydroxylation is 3. The van der Waals surface area contributed by atoms with Crippen LogP contribution in [0.15, 0.2) is 28.6 Å². The van der Waals surface area contributed by atoms with Crippen molar-refractivity contribution in [2.24, 2.45) is 4.99 Å². The van der Waals surface area contributed by atoms with Crippen LogP contribution in [0.2, 0.25) is 0 Å². The first-order valence-corrected chi connectivity index (χ1v) is 8.57. The van der Waals surface area contributed by atoms with Gasteiger partial charge in [0, 0.05) is 37.6 Å². The van der Waals surface area contributed by atoms with Crippen LogP contribution in [0, 0.1) is 19.7 Å². The Hall–Kier alpha value is -1.95. The van der Waals surface area contributed by atoms with Crippen molar-refractivity contribution in [3.63, 3.8) is 0 Å². The summed E-state index contributed by atoms with van der Waals surface area (Å²) in [5, 5.41) is 9.70. The van der Waals surface area contributed by atoms with E-state index in [1.54, 1.807) is 37.4 Å². The van der Waals surface area contributed by atoms with Gasteiger partial charge in [-0.15, -0.1) is 11.3 Å². The van der Waals surface area contributed by atoms with Crippen molar-refractivity contribution in [1.82, 2.24) is 15.6 Å². The van der Waals surface area contributed by atoms with Gasteiger partial charge in [0.15, 0.2) is 5.96 Å². The predicted molar refractivity (Wildman–Crippen MR) is 94.5 cm³/mol. The van der Waals surface area contributed by atoms with Crippen molar-refractivity contribution in [2.75, 3.05) is 13.6 Å². The molecule has 0 aliphatic heterocycles. The number of rotatable bonds is 6. The molecule has 1 aromatic heterocycles. The van der Waals surface area contributed by atoms with Crippen LogP contribution in [0.25, 0.3) is 0 Å². The van der Waals surface area contributed by atoms with E-state index in [0.29, 0.717) is 12.1 Å². The van der Waals surface area contributed by atoms with Gasteiger partial charge in [-0.3, -0.25) is 4.99 Å². The highest BCUT2D eigenvalue weighted by atomic mass is 32.1. The summed E-state index contributed by atoms with van der Waals surface area (Å²) in [7, 11) is 1.73. The van der Waals surface area contributed by atoms with Crippen LogP contribution in [0.1, 0.15) is 28.2 Å². The molecule has 0 unspecified atom stereocenters. The van der Waals surface area contributed by atoms with E-state index in [0.717, 1.165) is 36.6 Å². The Kier molecular flexibility index (Phi) is 6.52. The first kappa shape index (κ1) is 17.4. The van der Waals surface area contributed by atoms with E-state index in [1.807, 2.05) is 13.0 Å². The lowest BCUT2D eigenvalue weighted by molar-refractivity contribution is 0.615. The third-order valence-corrected chi connectivity index (χ3v) is 4.47. The third-order valence-electron chi connectivity index (χ3n) is 3.45. The third kappa shape index (κ3) is 5.63. The minimum atomic E-state index is -0.175. The molecule has 6 heteroatoms. The molecule has 0 atom stereocenters. The quantitative estimate of drug-likeness (QED) is 0.484. The lowest BCUT2D eigenvalue weighted by Crippen LogP contribution is -2.37. The van der Waals surface area contributed by atoms with Gasteiger partial charge >= 0.3 is 0 Å². The average Bonchev–Trinajstić information content (AvgIpc) is 2.95. The normalized spacial score (nSPS) is 11.6. The molecule has 23 heavy (non-hydrogen) atoms. The standard InChI is InChI=1S/C17H23FN4S/c1-12-6-7-14(9-15(12)18)10-21-17(19-3)20-8-4-5-16-22-13(2)11-23-16/h6-7,9,11H,4-5,8,10H2,1-3H3,(H2,19,20,21). The number of aromatic nitrogens is 1. The van der Waals surface area contributed by atoms with E-state index in [2.05, 4.69) is 26.0 Å². The molecule has 0 fully saturated rings. The molecule has 1 aromatic carbocycles. The molecule has 1 heterocycles. The summed E-state index contributed by atoms with van der Waals surface area (Å²) < 4.78 is 13.5. The largest absolute Gasteiger partial charge is 0.356 e. The van der Waals surface area contributed by atoms with E-state index >= 15 is 0 Å². The van der Waals surface area contributed by atoms with Crippen molar-refractivity contribution in [3.05, 3.63) is 51.2 Å². The SMILES string of the molecule is CN=C(NCCCc1nc(C)cs1)NCc1ccc(C)c(F)c1. The molecular formula is C17H23FN4S. The smallest absolute Gasteiger partial charge is 0.191 e. The molecule has 0 amide bonds. The Morgan fingerprint density at radius 2 is 2.13 bits per heavy atom. The highest BCUT2D eigenvalue weighted by Gasteiger charge is 2.02. The second-order valence-electron chi connectivity index (χ2n) is 5.42. The van der Waals surface area contributed by atoms with Gasteiger partial charge in [-0.2, -0.15) is 0 Å². The molecule has 0 aliphatic rings. The van der Waals surface area contributed by atoms with Crippen molar-refractivity contribution in [3.8, 4) is 0 Å². The van der Waals surface area contributed by atoms with Gasteiger partial charge in [0.2, 0.25) is 0 Å². The monoisotopic (exact) mass is 334 g/mol. The van der Waals surface area contributed by atoms with E-state index in [1.165, 1.54) is 5.01 Å². The number of guanidine groups is 1. The number of hydrogen-bond donors (Lipinski definition) is 2. The number of benzene rings is 1. The van der Waals surface area contributed by atoms with E-state index in [-0.39, 0.29) is 5.82 Å². The molecule has 0 radical (unpaired) electrons. The van der Waals surface area contributed by atoms with Gasteiger partial charge in [-0.1, -0.05) is 12.1 Å². The van der Waals surface area contributed by atoms with E-state index in [4.69, 9.17) is 0 Å². The first-order valence-electron chi connectivity index (χ1n) is 7.69. The Bertz CT molecular complexity index is 666. The number of halogens is 1. The van der Waals surface area contributed by atoms with Crippen molar-refractivity contribution >= 4 is 17.3 Å². The molecule has 124 valence electrons. The maximum absolute atomic E-state index is 13.5. The second kappa shape index (κ2) is 8.62. The molecule has 4 nitrogen and oxygen atoms in total. The van der Waals surface area contributed by atoms with Gasteiger partial charge in [0.05, 0.1) is 5.01 Å². The van der Waals surface area contributed by atoms with Crippen LogP contribution in [0.4, 0.5) is 4.39 Å². The summed E-state index contributed by atoms with van der Waals surface area (Å²) in [6.07, 6.45) is 1.96. The Labute approximate surface area is 140 Å². The molecule has 0 saturated heterocycles. The summed E-state index contributed by atoms with van der Waals surface area (Å²) in [5.74, 6) is 0.548. The van der Waals surface area contributed by atoms with Gasteiger partial charge < -0.3 is 10.6 Å². The van der Waals surface area contributed by atoms with Crippen molar-refractivity contribution < 1.29 is 4.39 Å². The molecule has 2 rings (SSSR count). The maximum Gasteiger partial charge on any atom is 0.191 e. The molecule has 0 bridgehead atoms. The van der Waals surface area contributed by atoms with Crippen LogP contribution in [0.5, 0.6) is 0 Å². The summed E-state index contributed by atoms with van der Waals surface area (Å²) in [6, 6.07) is 5.27. The summed E-state index contributed by atoms with van der Waals surface area (Å²) in [4.78, 5) is 8.63. The fourth-order valence-corrected chi connectivity index (χ4v) is 2.93. The van der Waals surface area contributed by atoms with Gasteiger partial charge in [0.25, 0.3) is 0 Å². The Morgan fingerprint density at radius 1 is 1.30 bits per heavy atom. The number of nitrogens with zero attached hydrogens (tertiary/aromatic N) is 2. The number of aliphatic imine (C=N–C) groups is 1. The fourth-order valence-electron chi connectivity index (χ4n) is 2.12. The van der Waals surface area contributed by atoms with E-state index < -0.39 is 0 Å². The maximum atomic E-state index is 13.5. The average molecular weight is 334 g/mol. The van der Waals surface area contributed by atoms with Crippen LogP contribution in [-0.2, 0) is 13.0 Å². The zero-order valence-corrected chi connectivity index (χ0v) is 14.6. The van der Waals surface area contributed by atoms with E-state index in [9.17, 15) is 4.39 Å². The van der Waals surface area contributed by atoms with Crippen LogP contribution >= 0.6 is 11.3 Å². The number of nitrogens with one attached hydrogen (secondary N) is 2. The minimum Gasteiger partial charge on any atom is -0.356 e. The Balaban J connectivity index is 1.71. The van der Waals surface area contributed by atoms with Crippen molar-refractivity contribution in [2.45, 2.75) is 33.2 Å². The summed E-state index contributed by atoms with van der Waals surface area (Å²) in [5.41, 5.74) is 2.64. The lowest BCUT2D eigenvalue weighted by atomic mass is 10.1. The summed E-state index contributed by atoms with van der Waals surface area (Å²) in [6.45, 7) is 5.14. The predicted octanol–water partition coefficient (Wildman–Crippen LogP) is 3.20. The number of thiazole rings is 1. The van der Waals surface area contributed by atoms with Crippen LogP contribution in [-0.4, -0.2) is 24.5 Å². The van der Waals surface area contributed by atoms with Gasteiger partial charge in [-0.05, 0) is 37.5 Å². The minimum absolute atomic E-state index is 0.175. The molecule has 2 N–H and O–H groups in total. The zero-order chi connectivity index (χ0) is 16.7. The number of hydrogen-bond acceptors (Lipinski definition) is 3. The zero-order valence-electron chi connectivity index (χ0n) is 13.8. The highest BCUT2D eigenvalue weighted by Crippen LogP contribution is 2.10. The molecule has 0 spiro atoms. The topological polar surface area (TPSA) is 49.3 Å².